The van der Waals surface area contributed by atoms with Gasteiger partial charge < -0.3 is 15.4 Å². The zero-order valence-electron chi connectivity index (χ0n) is 20.0. The van der Waals surface area contributed by atoms with Crippen molar-refractivity contribution in [2.45, 2.75) is 32.1 Å². The summed E-state index contributed by atoms with van der Waals surface area (Å²) in [6.45, 7) is 1.98. The molecule has 0 bridgehead atoms. The van der Waals surface area contributed by atoms with Gasteiger partial charge in [-0.1, -0.05) is 66.7 Å². The average Bonchev–Trinajstić information content (AvgIpc) is 3.35. The highest BCUT2D eigenvalue weighted by Gasteiger charge is 2.19. The molecular formula is C28H29N3O4S. The topological polar surface area (TPSA) is 99.7 Å². The maximum Gasteiger partial charge on any atom is 0.323 e. The number of nitrogens with one attached hydrogen (secondary N) is 3. The Hall–Kier alpha value is -3.56. The van der Waals surface area contributed by atoms with Crippen LogP contribution in [0.3, 0.4) is 0 Å². The Balaban J connectivity index is 1.27. The lowest BCUT2D eigenvalue weighted by molar-refractivity contribution is -0.143. The van der Waals surface area contributed by atoms with Crippen molar-refractivity contribution in [1.29, 1.82) is 0 Å². The molecule has 0 unspecified atom stereocenters. The third kappa shape index (κ3) is 6.77. The number of amides is 1. The van der Waals surface area contributed by atoms with Crippen LogP contribution in [0.5, 0.6) is 0 Å². The van der Waals surface area contributed by atoms with E-state index in [1.165, 1.54) is 18.4 Å². The first-order valence-electron chi connectivity index (χ1n) is 11.7. The largest absolute Gasteiger partial charge is 0.468 e. The molecule has 0 spiro atoms. The number of carbonyl (C=O) groups is 2. The standard InChI is InChI=1S/C28H29N3O4S/c1-35-28(33)24(13-19-5-3-2-4-6-19)30-18-21-9-7-20(8-10-21)16-29-17-22-11-12-23-15-26(27(32)31-34)36-25(23)14-22/h2-12,14-15,24,29-30,34H,13,16-18H2,1H3,(H,31,32)/t24-/m0/s1. The van der Waals surface area contributed by atoms with Crippen molar-refractivity contribution in [3.05, 3.63) is 106 Å². The molecule has 0 aliphatic carbocycles. The minimum atomic E-state index is -0.494. The van der Waals surface area contributed by atoms with E-state index in [4.69, 9.17) is 9.94 Å². The lowest BCUT2D eigenvalue weighted by atomic mass is 10.1. The van der Waals surface area contributed by atoms with E-state index in [2.05, 4.69) is 41.0 Å². The van der Waals surface area contributed by atoms with Gasteiger partial charge in [-0.3, -0.25) is 14.8 Å². The van der Waals surface area contributed by atoms with Crippen LogP contribution < -0.4 is 16.1 Å². The van der Waals surface area contributed by atoms with E-state index in [-0.39, 0.29) is 5.97 Å². The maximum absolute atomic E-state index is 12.2. The number of esters is 1. The van der Waals surface area contributed by atoms with Crippen molar-refractivity contribution in [1.82, 2.24) is 16.1 Å². The van der Waals surface area contributed by atoms with E-state index in [1.807, 2.05) is 42.5 Å². The summed E-state index contributed by atoms with van der Waals surface area (Å²) in [5, 5.41) is 16.6. The molecule has 36 heavy (non-hydrogen) atoms. The zero-order valence-corrected chi connectivity index (χ0v) is 20.8. The van der Waals surface area contributed by atoms with Gasteiger partial charge in [0.05, 0.1) is 12.0 Å². The number of methoxy groups -OCH3 is 1. The van der Waals surface area contributed by atoms with E-state index < -0.39 is 11.9 Å². The van der Waals surface area contributed by atoms with Gasteiger partial charge >= 0.3 is 5.97 Å². The van der Waals surface area contributed by atoms with Gasteiger partial charge in [0.1, 0.15) is 6.04 Å². The van der Waals surface area contributed by atoms with Crippen molar-refractivity contribution in [2.75, 3.05) is 7.11 Å². The first-order valence-corrected chi connectivity index (χ1v) is 12.5. The highest BCUT2D eigenvalue weighted by molar-refractivity contribution is 7.20. The molecule has 0 saturated heterocycles. The molecular weight excluding hydrogens is 474 g/mol. The van der Waals surface area contributed by atoms with Crippen LogP contribution in [0.4, 0.5) is 0 Å². The molecule has 4 N–H and O–H groups in total. The van der Waals surface area contributed by atoms with Crippen LogP contribution in [-0.4, -0.2) is 30.2 Å². The van der Waals surface area contributed by atoms with Gasteiger partial charge in [0.15, 0.2) is 0 Å². The minimum absolute atomic E-state index is 0.270. The van der Waals surface area contributed by atoms with Crippen LogP contribution in [0, 0.1) is 0 Å². The normalized spacial score (nSPS) is 11.8. The molecule has 4 rings (SSSR count). The van der Waals surface area contributed by atoms with E-state index >= 15 is 0 Å². The minimum Gasteiger partial charge on any atom is -0.468 e. The molecule has 1 heterocycles. The maximum atomic E-state index is 12.2. The first kappa shape index (κ1) is 25.5. The summed E-state index contributed by atoms with van der Waals surface area (Å²) in [7, 11) is 1.41. The van der Waals surface area contributed by atoms with Crippen molar-refractivity contribution in [2.24, 2.45) is 0 Å². The van der Waals surface area contributed by atoms with Crippen LogP contribution in [0.2, 0.25) is 0 Å². The number of ether oxygens (including phenoxy) is 1. The van der Waals surface area contributed by atoms with Crippen molar-refractivity contribution in [3.63, 3.8) is 0 Å². The summed E-state index contributed by atoms with van der Waals surface area (Å²) in [4.78, 5) is 24.3. The molecule has 186 valence electrons. The second-order valence-corrected chi connectivity index (χ2v) is 9.57. The van der Waals surface area contributed by atoms with E-state index in [0.717, 1.165) is 32.3 Å². The second kappa shape index (κ2) is 12.4. The predicted octanol–water partition coefficient (Wildman–Crippen LogP) is 4.18. The van der Waals surface area contributed by atoms with E-state index in [9.17, 15) is 9.59 Å². The lowest BCUT2D eigenvalue weighted by Crippen LogP contribution is -2.39. The van der Waals surface area contributed by atoms with Gasteiger partial charge in [0.2, 0.25) is 0 Å². The van der Waals surface area contributed by atoms with Crippen molar-refractivity contribution < 1.29 is 19.5 Å². The van der Waals surface area contributed by atoms with Gasteiger partial charge in [-0.15, -0.1) is 11.3 Å². The average molecular weight is 504 g/mol. The van der Waals surface area contributed by atoms with Gasteiger partial charge in [-0.2, -0.15) is 0 Å². The highest BCUT2D eigenvalue weighted by atomic mass is 32.1. The molecule has 1 atom stereocenters. The molecule has 0 saturated carbocycles. The fourth-order valence-electron chi connectivity index (χ4n) is 3.95. The van der Waals surface area contributed by atoms with Gasteiger partial charge in [0, 0.05) is 24.3 Å². The first-order chi connectivity index (χ1) is 17.6. The predicted molar refractivity (Wildman–Crippen MR) is 141 cm³/mol. The van der Waals surface area contributed by atoms with E-state index in [1.54, 1.807) is 11.5 Å². The molecule has 4 aromatic rings. The van der Waals surface area contributed by atoms with Crippen LogP contribution in [0.15, 0.2) is 78.9 Å². The molecule has 1 aromatic heterocycles. The summed E-state index contributed by atoms with van der Waals surface area (Å²) < 4.78 is 5.98. The quantitative estimate of drug-likeness (QED) is 0.139. The Labute approximate surface area is 214 Å². The Kier molecular flexibility index (Phi) is 8.80. The van der Waals surface area contributed by atoms with Crippen molar-refractivity contribution >= 4 is 33.3 Å². The molecule has 3 aromatic carbocycles. The monoisotopic (exact) mass is 503 g/mol. The molecule has 0 aliphatic rings. The number of hydrogen-bond acceptors (Lipinski definition) is 7. The number of carbonyl (C=O) groups excluding carboxylic acids is 2. The summed E-state index contributed by atoms with van der Waals surface area (Å²) >= 11 is 1.35. The highest BCUT2D eigenvalue weighted by Crippen LogP contribution is 2.26. The number of rotatable bonds is 11. The van der Waals surface area contributed by atoms with Crippen molar-refractivity contribution in [3.8, 4) is 0 Å². The number of hydroxylamine groups is 1. The molecule has 7 nitrogen and oxygen atoms in total. The summed E-state index contributed by atoms with van der Waals surface area (Å²) in [6, 6.07) is 25.6. The number of benzene rings is 3. The molecule has 8 heteroatoms. The Bertz CT molecular complexity index is 1310. The number of thiophene rings is 1. The Morgan fingerprint density at radius 3 is 2.22 bits per heavy atom. The van der Waals surface area contributed by atoms with Crippen LogP contribution in [0.1, 0.15) is 31.9 Å². The van der Waals surface area contributed by atoms with Gasteiger partial charge in [-0.25, -0.2) is 5.48 Å². The van der Waals surface area contributed by atoms with Crippen LogP contribution >= 0.6 is 11.3 Å². The fourth-order valence-corrected chi connectivity index (χ4v) is 4.97. The smallest absolute Gasteiger partial charge is 0.323 e. The molecule has 0 fully saturated rings. The number of fused-ring (bicyclic) bond motifs is 1. The second-order valence-electron chi connectivity index (χ2n) is 8.49. The Morgan fingerprint density at radius 2 is 1.53 bits per heavy atom. The van der Waals surface area contributed by atoms with Crippen LogP contribution in [-0.2, 0) is 35.6 Å². The summed E-state index contributed by atoms with van der Waals surface area (Å²) in [5.74, 6) is -0.764. The number of hydrogen-bond donors (Lipinski definition) is 4. The van der Waals surface area contributed by atoms with Gasteiger partial charge in [0.25, 0.3) is 5.91 Å². The fraction of sp³-hybridized carbons (Fsp3) is 0.214. The van der Waals surface area contributed by atoms with Crippen LogP contribution in [0.25, 0.3) is 10.1 Å². The van der Waals surface area contributed by atoms with Gasteiger partial charge in [-0.05, 0) is 46.2 Å². The zero-order chi connectivity index (χ0) is 25.3. The molecule has 0 radical (unpaired) electrons. The summed E-state index contributed by atoms with van der Waals surface area (Å²) in [5.41, 5.74) is 6.13. The molecule has 0 aliphatic heterocycles. The Morgan fingerprint density at radius 1 is 0.861 bits per heavy atom. The molecule has 1 amide bonds. The third-order valence-electron chi connectivity index (χ3n) is 5.91. The van der Waals surface area contributed by atoms with E-state index in [0.29, 0.717) is 30.9 Å². The lowest BCUT2D eigenvalue weighted by Gasteiger charge is -2.17. The third-order valence-corrected chi connectivity index (χ3v) is 7.01. The SMILES string of the molecule is COC(=O)[C@H](Cc1ccccc1)NCc1ccc(CNCc2ccc3cc(C(=O)NO)sc3c2)cc1. The summed E-state index contributed by atoms with van der Waals surface area (Å²) in [6.07, 6.45) is 0.572.